The van der Waals surface area contributed by atoms with Gasteiger partial charge in [0.2, 0.25) is 5.91 Å². The van der Waals surface area contributed by atoms with Crippen LogP contribution >= 0.6 is 0 Å². The van der Waals surface area contributed by atoms with Crippen LogP contribution in [0.15, 0.2) is 24.3 Å². The number of unbranched alkanes of at least 4 members (excludes halogenated alkanes) is 1. The lowest BCUT2D eigenvalue weighted by molar-refractivity contribution is -0.122. The molecule has 0 radical (unpaired) electrons. The zero-order valence-corrected chi connectivity index (χ0v) is 11.3. The molecule has 0 heterocycles. The van der Waals surface area contributed by atoms with Crippen LogP contribution in [0.25, 0.3) is 0 Å². The molecule has 0 saturated carbocycles. The SMILES string of the molecule is COCCCCC(=O)N[C@@H]1c2ccccc2C[C@H]1O. The van der Waals surface area contributed by atoms with Gasteiger partial charge in [-0.1, -0.05) is 24.3 Å². The van der Waals surface area contributed by atoms with Crippen molar-refractivity contribution in [2.75, 3.05) is 13.7 Å². The molecule has 0 spiro atoms. The summed E-state index contributed by atoms with van der Waals surface area (Å²) in [6, 6.07) is 7.62. The van der Waals surface area contributed by atoms with Gasteiger partial charge in [-0.3, -0.25) is 4.79 Å². The van der Waals surface area contributed by atoms with Gasteiger partial charge in [0.1, 0.15) is 0 Å². The lowest BCUT2D eigenvalue weighted by Crippen LogP contribution is -2.33. The maximum absolute atomic E-state index is 11.9. The number of rotatable bonds is 6. The molecule has 1 aliphatic rings. The van der Waals surface area contributed by atoms with Gasteiger partial charge in [0.05, 0.1) is 12.1 Å². The Morgan fingerprint density at radius 2 is 2.21 bits per heavy atom. The van der Waals surface area contributed by atoms with E-state index in [1.165, 1.54) is 0 Å². The predicted molar refractivity (Wildman–Crippen MR) is 72.8 cm³/mol. The van der Waals surface area contributed by atoms with Crippen LogP contribution < -0.4 is 5.32 Å². The number of carbonyl (C=O) groups is 1. The molecule has 4 nitrogen and oxygen atoms in total. The van der Waals surface area contributed by atoms with E-state index in [9.17, 15) is 9.90 Å². The van der Waals surface area contributed by atoms with Gasteiger partial charge in [-0.2, -0.15) is 0 Å². The lowest BCUT2D eigenvalue weighted by Gasteiger charge is -2.17. The molecule has 0 aliphatic heterocycles. The number of methoxy groups -OCH3 is 1. The second kappa shape index (κ2) is 6.68. The molecule has 0 aromatic heterocycles. The first-order valence-corrected chi connectivity index (χ1v) is 6.76. The van der Waals surface area contributed by atoms with E-state index < -0.39 is 6.10 Å². The molecule has 2 rings (SSSR count). The van der Waals surface area contributed by atoms with Gasteiger partial charge in [-0.05, 0) is 24.0 Å². The van der Waals surface area contributed by atoms with Gasteiger partial charge in [0.25, 0.3) is 0 Å². The second-order valence-corrected chi connectivity index (χ2v) is 4.97. The molecule has 2 N–H and O–H groups in total. The Labute approximate surface area is 113 Å². The molecule has 1 aliphatic carbocycles. The number of ether oxygens (including phenoxy) is 1. The van der Waals surface area contributed by atoms with Crippen molar-refractivity contribution in [1.82, 2.24) is 5.32 Å². The standard InChI is InChI=1S/C15H21NO3/c1-19-9-5-4-8-14(18)16-15-12-7-3-2-6-11(12)10-13(15)17/h2-3,6-7,13,15,17H,4-5,8-10H2,1H3,(H,16,18)/t13-,15-/m1/s1. The van der Waals surface area contributed by atoms with E-state index >= 15 is 0 Å². The molecule has 1 aromatic rings. The fraction of sp³-hybridized carbons (Fsp3) is 0.533. The number of hydrogen-bond donors (Lipinski definition) is 2. The van der Waals surface area contributed by atoms with E-state index in [1.807, 2.05) is 24.3 Å². The molecule has 4 heteroatoms. The van der Waals surface area contributed by atoms with Crippen LogP contribution in [0.1, 0.15) is 36.4 Å². The summed E-state index contributed by atoms with van der Waals surface area (Å²) in [6.45, 7) is 0.683. The number of aliphatic hydroxyl groups is 1. The molecule has 0 bridgehead atoms. The summed E-state index contributed by atoms with van der Waals surface area (Å²) in [5, 5.41) is 13.0. The second-order valence-electron chi connectivity index (χ2n) is 4.97. The monoisotopic (exact) mass is 263 g/mol. The highest BCUT2D eigenvalue weighted by atomic mass is 16.5. The minimum absolute atomic E-state index is 0.00291. The molecule has 104 valence electrons. The lowest BCUT2D eigenvalue weighted by atomic mass is 10.1. The fourth-order valence-electron chi connectivity index (χ4n) is 2.53. The van der Waals surface area contributed by atoms with Crippen molar-refractivity contribution < 1.29 is 14.6 Å². The first kappa shape index (κ1) is 14.0. The van der Waals surface area contributed by atoms with Gasteiger partial charge in [0.15, 0.2) is 0 Å². The number of fused-ring (bicyclic) bond motifs is 1. The third-order valence-corrected chi connectivity index (χ3v) is 3.52. The summed E-state index contributed by atoms with van der Waals surface area (Å²) in [6.07, 6.45) is 2.28. The summed E-state index contributed by atoms with van der Waals surface area (Å²) in [5.74, 6) is -0.00291. The first-order chi connectivity index (χ1) is 9.22. The minimum atomic E-state index is -0.514. The smallest absolute Gasteiger partial charge is 0.220 e. The Balaban J connectivity index is 1.87. The molecule has 2 atom stereocenters. The third kappa shape index (κ3) is 3.55. The third-order valence-electron chi connectivity index (χ3n) is 3.52. The molecular weight excluding hydrogens is 242 g/mol. The Kier molecular flexibility index (Phi) is 4.93. The zero-order chi connectivity index (χ0) is 13.7. The minimum Gasteiger partial charge on any atom is -0.390 e. The Hall–Kier alpha value is -1.39. The number of benzene rings is 1. The van der Waals surface area contributed by atoms with Gasteiger partial charge in [-0.15, -0.1) is 0 Å². The highest BCUT2D eigenvalue weighted by molar-refractivity contribution is 5.76. The van der Waals surface area contributed by atoms with Crippen LogP contribution in [0.5, 0.6) is 0 Å². The Morgan fingerprint density at radius 3 is 3.00 bits per heavy atom. The van der Waals surface area contributed by atoms with Crippen molar-refractivity contribution >= 4 is 5.91 Å². The topological polar surface area (TPSA) is 58.6 Å². The number of carbonyl (C=O) groups excluding carboxylic acids is 1. The van der Waals surface area contributed by atoms with E-state index in [0.717, 1.165) is 24.0 Å². The van der Waals surface area contributed by atoms with E-state index in [4.69, 9.17) is 4.74 Å². The summed E-state index contributed by atoms with van der Waals surface area (Å²) >= 11 is 0. The largest absolute Gasteiger partial charge is 0.390 e. The average molecular weight is 263 g/mol. The summed E-state index contributed by atoms with van der Waals surface area (Å²) < 4.78 is 4.95. The summed E-state index contributed by atoms with van der Waals surface area (Å²) in [7, 11) is 1.66. The predicted octanol–water partition coefficient (Wildman–Crippen LogP) is 1.58. The number of hydrogen-bond acceptors (Lipinski definition) is 3. The van der Waals surface area contributed by atoms with Crippen LogP contribution in [-0.2, 0) is 16.0 Å². The van der Waals surface area contributed by atoms with Crippen molar-refractivity contribution in [3.63, 3.8) is 0 Å². The van der Waals surface area contributed by atoms with E-state index in [0.29, 0.717) is 19.4 Å². The summed E-state index contributed by atoms with van der Waals surface area (Å²) in [5.41, 5.74) is 2.17. The van der Waals surface area contributed by atoms with E-state index in [2.05, 4.69) is 5.32 Å². The molecule has 19 heavy (non-hydrogen) atoms. The van der Waals surface area contributed by atoms with Crippen LogP contribution in [0.3, 0.4) is 0 Å². The molecule has 0 unspecified atom stereocenters. The van der Waals surface area contributed by atoms with Gasteiger partial charge >= 0.3 is 0 Å². The first-order valence-electron chi connectivity index (χ1n) is 6.76. The number of nitrogens with one attached hydrogen (secondary N) is 1. The van der Waals surface area contributed by atoms with E-state index in [-0.39, 0.29) is 11.9 Å². The van der Waals surface area contributed by atoms with Crippen molar-refractivity contribution in [1.29, 1.82) is 0 Å². The highest BCUT2D eigenvalue weighted by Crippen LogP contribution is 2.31. The normalized spacial score (nSPS) is 21.2. The van der Waals surface area contributed by atoms with Crippen molar-refractivity contribution in [2.45, 2.75) is 37.8 Å². The molecule has 0 fully saturated rings. The maximum atomic E-state index is 11.9. The van der Waals surface area contributed by atoms with Crippen molar-refractivity contribution in [2.24, 2.45) is 0 Å². The van der Waals surface area contributed by atoms with Gasteiger partial charge in [-0.25, -0.2) is 0 Å². The zero-order valence-electron chi connectivity index (χ0n) is 11.3. The number of aliphatic hydroxyl groups excluding tert-OH is 1. The molecule has 0 saturated heterocycles. The molecular formula is C15H21NO3. The quantitative estimate of drug-likeness (QED) is 0.766. The van der Waals surface area contributed by atoms with Gasteiger partial charge < -0.3 is 15.2 Å². The Bertz CT molecular complexity index is 433. The van der Waals surface area contributed by atoms with E-state index in [1.54, 1.807) is 7.11 Å². The highest BCUT2D eigenvalue weighted by Gasteiger charge is 2.31. The van der Waals surface area contributed by atoms with Crippen LogP contribution in [-0.4, -0.2) is 30.8 Å². The van der Waals surface area contributed by atoms with Gasteiger partial charge in [0, 0.05) is 26.6 Å². The fourth-order valence-corrected chi connectivity index (χ4v) is 2.53. The number of amides is 1. The molecule has 1 aromatic carbocycles. The van der Waals surface area contributed by atoms with Crippen LogP contribution in [0.4, 0.5) is 0 Å². The Morgan fingerprint density at radius 1 is 1.42 bits per heavy atom. The summed E-state index contributed by atoms with van der Waals surface area (Å²) in [4.78, 5) is 11.9. The average Bonchev–Trinajstić information content (AvgIpc) is 2.72. The maximum Gasteiger partial charge on any atom is 0.220 e. The van der Waals surface area contributed by atoms with Crippen LogP contribution in [0.2, 0.25) is 0 Å². The van der Waals surface area contributed by atoms with Crippen LogP contribution in [0, 0.1) is 0 Å². The van der Waals surface area contributed by atoms with Crippen molar-refractivity contribution in [3.8, 4) is 0 Å². The molecule has 1 amide bonds. The van der Waals surface area contributed by atoms with Crippen molar-refractivity contribution in [3.05, 3.63) is 35.4 Å².